The van der Waals surface area contributed by atoms with Gasteiger partial charge in [0, 0.05) is 18.3 Å². The van der Waals surface area contributed by atoms with E-state index in [0.29, 0.717) is 23.7 Å². The fourth-order valence-corrected chi connectivity index (χ4v) is 1.66. The predicted molar refractivity (Wildman–Crippen MR) is 76.2 cm³/mol. The van der Waals surface area contributed by atoms with Crippen LogP contribution in [0.4, 0.5) is 10.5 Å². The molecular weight excluding hydrogens is 244 g/mol. The quantitative estimate of drug-likeness (QED) is 0.778. The normalized spacial score (nSPS) is 9.89. The first-order valence-electron chi connectivity index (χ1n) is 6.39. The summed E-state index contributed by atoms with van der Waals surface area (Å²) in [7, 11) is 3.15. The largest absolute Gasteiger partial charge is 0.493 e. The summed E-state index contributed by atoms with van der Waals surface area (Å²) in [5, 5.41) is 5.61. The van der Waals surface area contributed by atoms with E-state index in [0.717, 1.165) is 18.4 Å². The lowest BCUT2D eigenvalue weighted by Crippen LogP contribution is -2.29. The highest BCUT2D eigenvalue weighted by Gasteiger charge is 2.10. The van der Waals surface area contributed by atoms with Crippen LogP contribution in [-0.2, 0) is 0 Å². The molecule has 0 heterocycles. The highest BCUT2D eigenvalue weighted by Crippen LogP contribution is 2.32. The summed E-state index contributed by atoms with van der Waals surface area (Å²) in [6.07, 6.45) is 2.02. The van der Waals surface area contributed by atoms with Crippen molar-refractivity contribution in [1.29, 1.82) is 0 Å². The number of nitrogens with one attached hydrogen (secondary N) is 2. The number of urea groups is 1. The van der Waals surface area contributed by atoms with Crippen LogP contribution in [0.25, 0.3) is 0 Å². The molecule has 2 N–H and O–H groups in total. The molecule has 0 spiro atoms. The van der Waals surface area contributed by atoms with E-state index in [1.54, 1.807) is 20.3 Å². The number of carbonyl (C=O) groups is 1. The first-order chi connectivity index (χ1) is 9.12. The van der Waals surface area contributed by atoms with Gasteiger partial charge in [0.1, 0.15) is 0 Å². The van der Waals surface area contributed by atoms with Crippen LogP contribution in [0.15, 0.2) is 12.1 Å². The first kappa shape index (κ1) is 15.1. The molecule has 2 amide bonds. The average molecular weight is 266 g/mol. The second-order valence-corrected chi connectivity index (χ2v) is 4.26. The van der Waals surface area contributed by atoms with E-state index in [9.17, 15) is 4.79 Å². The lowest BCUT2D eigenvalue weighted by molar-refractivity contribution is 0.252. The number of hydrogen-bond donors (Lipinski definition) is 2. The maximum absolute atomic E-state index is 11.7. The standard InChI is InChI=1S/C14H22N2O3/c1-5-6-7-15-14(17)16-11-9-13(19-4)12(18-3)8-10(11)2/h8-9H,5-7H2,1-4H3,(H2,15,16,17). The molecule has 1 rings (SSSR count). The maximum atomic E-state index is 11.7. The monoisotopic (exact) mass is 266 g/mol. The highest BCUT2D eigenvalue weighted by molar-refractivity contribution is 5.90. The molecule has 0 fully saturated rings. The van der Waals surface area contributed by atoms with E-state index >= 15 is 0 Å². The van der Waals surface area contributed by atoms with Gasteiger partial charge >= 0.3 is 6.03 Å². The third kappa shape index (κ3) is 4.35. The maximum Gasteiger partial charge on any atom is 0.319 e. The van der Waals surface area contributed by atoms with Crippen molar-refractivity contribution in [2.24, 2.45) is 0 Å². The lowest BCUT2D eigenvalue weighted by atomic mass is 10.1. The van der Waals surface area contributed by atoms with Gasteiger partial charge in [0.05, 0.1) is 14.2 Å². The Morgan fingerprint density at radius 1 is 1.21 bits per heavy atom. The molecule has 0 saturated carbocycles. The van der Waals surface area contributed by atoms with Gasteiger partial charge in [-0.25, -0.2) is 4.79 Å². The van der Waals surface area contributed by atoms with E-state index in [2.05, 4.69) is 17.6 Å². The van der Waals surface area contributed by atoms with E-state index in [-0.39, 0.29) is 6.03 Å². The molecule has 0 bridgehead atoms. The van der Waals surface area contributed by atoms with Crippen molar-refractivity contribution in [1.82, 2.24) is 5.32 Å². The summed E-state index contributed by atoms with van der Waals surface area (Å²) in [6.45, 7) is 4.66. The van der Waals surface area contributed by atoms with Crippen LogP contribution in [0.3, 0.4) is 0 Å². The number of benzene rings is 1. The molecule has 5 heteroatoms. The summed E-state index contributed by atoms with van der Waals surface area (Å²) in [5.41, 5.74) is 1.63. The third-order valence-corrected chi connectivity index (χ3v) is 2.79. The Balaban J connectivity index is 2.75. The number of unbranched alkanes of at least 4 members (excludes halogenated alkanes) is 1. The van der Waals surface area contributed by atoms with Gasteiger partial charge in [0.15, 0.2) is 11.5 Å². The lowest BCUT2D eigenvalue weighted by Gasteiger charge is -2.14. The fraction of sp³-hybridized carbons (Fsp3) is 0.500. The average Bonchev–Trinajstić information content (AvgIpc) is 2.40. The molecule has 0 atom stereocenters. The van der Waals surface area contributed by atoms with Crippen molar-refractivity contribution in [3.63, 3.8) is 0 Å². The van der Waals surface area contributed by atoms with E-state index in [1.807, 2.05) is 13.0 Å². The summed E-state index contributed by atoms with van der Waals surface area (Å²) in [4.78, 5) is 11.7. The van der Waals surface area contributed by atoms with Crippen molar-refractivity contribution >= 4 is 11.7 Å². The molecule has 0 aromatic heterocycles. The zero-order valence-electron chi connectivity index (χ0n) is 12.0. The molecule has 0 aliphatic rings. The number of rotatable bonds is 6. The van der Waals surface area contributed by atoms with Gasteiger partial charge in [0.2, 0.25) is 0 Å². The van der Waals surface area contributed by atoms with Crippen molar-refractivity contribution in [2.75, 3.05) is 26.1 Å². The van der Waals surface area contributed by atoms with Crippen LogP contribution >= 0.6 is 0 Å². The second kappa shape index (κ2) is 7.51. The van der Waals surface area contributed by atoms with Gasteiger partial charge < -0.3 is 20.1 Å². The van der Waals surface area contributed by atoms with Crippen molar-refractivity contribution in [2.45, 2.75) is 26.7 Å². The van der Waals surface area contributed by atoms with E-state index in [4.69, 9.17) is 9.47 Å². The van der Waals surface area contributed by atoms with Crippen LogP contribution in [-0.4, -0.2) is 26.8 Å². The number of anilines is 1. The number of carbonyl (C=O) groups excluding carboxylic acids is 1. The SMILES string of the molecule is CCCCNC(=O)Nc1cc(OC)c(OC)cc1C. The Labute approximate surface area is 114 Å². The first-order valence-corrected chi connectivity index (χ1v) is 6.39. The van der Waals surface area contributed by atoms with Gasteiger partial charge in [-0.2, -0.15) is 0 Å². The molecule has 106 valence electrons. The molecule has 1 aromatic rings. The second-order valence-electron chi connectivity index (χ2n) is 4.26. The molecule has 0 saturated heterocycles. The van der Waals surface area contributed by atoms with Gasteiger partial charge in [-0.05, 0) is 25.0 Å². The Hall–Kier alpha value is -1.91. The third-order valence-electron chi connectivity index (χ3n) is 2.79. The topological polar surface area (TPSA) is 59.6 Å². The Morgan fingerprint density at radius 3 is 2.42 bits per heavy atom. The van der Waals surface area contributed by atoms with Crippen LogP contribution in [0.2, 0.25) is 0 Å². The van der Waals surface area contributed by atoms with Crippen LogP contribution in [0.5, 0.6) is 11.5 Å². The van der Waals surface area contributed by atoms with Crippen LogP contribution in [0.1, 0.15) is 25.3 Å². The Bertz CT molecular complexity index is 433. The predicted octanol–water partition coefficient (Wildman–Crippen LogP) is 2.93. The van der Waals surface area contributed by atoms with Gasteiger partial charge in [-0.1, -0.05) is 13.3 Å². The summed E-state index contributed by atoms with van der Waals surface area (Å²) in [6, 6.07) is 3.39. The Morgan fingerprint density at radius 2 is 1.84 bits per heavy atom. The number of aryl methyl sites for hydroxylation is 1. The zero-order valence-corrected chi connectivity index (χ0v) is 12.0. The molecule has 0 radical (unpaired) electrons. The van der Waals surface area contributed by atoms with E-state index < -0.39 is 0 Å². The van der Waals surface area contributed by atoms with Crippen molar-refractivity contribution < 1.29 is 14.3 Å². The zero-order chi connectivity index (χ0) is 14.3. The van der Waals surface area contributed by atoms with Crippen molar-refractivity contribution in [3.05, 3.63) is 17.7 Å². The number of ether oxygens (including phenoxy) is 2. The minimum Gasteiger partial charge on any atom is -0.493 e. The highest BCUT2D eigenvalue weighted by atomic mass is 16.5. The number of hydrogen-bond acceptors (Lipinski definition) is 3. The smallest absolute Gasteiger partial charge is 0.319 e. The molecule has 0 unspecified atom stereocenters. The summed E-state index contributed by atoms with van der Waals surface area (Å²) < 4.78 is 10.4. The van der Waals surface area contributed by atoms with Crippen LogP contribution in [0, 0.1) is 6.92 Å². The molecule has 5 nitrogen and oxygen atoms in total. The number of amides is 2. The summed E-state index contributed by atoms with van der Waals surface area (Å²) >= 11 is 0. The Kier molecular flexibility index (Phi) is 5.99. The fourth-order valence-electron chi connectivity index (χ4n) is 1.66. The molecule has 0 aliphatic carbocycles. The van der Waals surface area contributed by atoms with Gasteiger partial charge in [-0.3, -0.25) is 0 Å². The molecule has 19 heavy (non-hydrogen) atoms. The van der Waals surface area contributed by atoms with Gasteiger partial charge in [0.25, 0.3) is 0 Å². The minimum atomic E-state index is -0.205. The molecule has 0 aliphatic heterocycles. The molecule has 1 aromatic carbocycles. The molecular formula is C14H22N2O3. The van der Waals surface area contributed by atoms with Gasteiger partial charge in [-0.15, -0.1) is 0 Å². The minimum absolute atomic E-state index is 0.205. The number of methoxy groups -OCH3 is 2. The van der Waals surface area contributed by atoms with E-state index in [1.165, 1.54) is 0 Å². The summed E-state index contributed by atoms with van der Waals surface area (Å²) in [5.74, 6) is 1.24. The van der Waals surface area contributed by atoms with Crippen LogP contribution < -0.4 is 20.1 Å². The van der Waals surface area contributed by atoms with Crippen molar-refractivity contribution in [3.8, 4) is 11.5 Å².